The average molecular weight is 283 g/mol. The monoisotopic (exact) mass is 281 g/mol. The summed E-state index contributed by atoms with van der Waals surface area (Å²) in [5.74, 6) is -0.686. The fourth-order valence-corrected chi connectivity index (χ4v) is 1.12. The molecule has 0 bridgehead atoms. The molecular formula is C10H8F3O2Zn+. The number of carbonyl (C=O) groups is 1. The van der Waals surface area contributed by atoms with Gasteiger partial charge in [0, 0.05) is 5.56 Å². The molecule has 0 aromatic heterocycles. The molecule has 0 aliphatic carbocycles. The van der Waals surface area contributed by atoms with Gasteiger partial charge in [-0.05, 0) is 5.56 Å². The largest absolute Gasteiger partial charge is 2.00 e. The Morgan fingerprint density at radius 2 is 1.94 bits per heavy atom. The summed E-state index contributed by atoms with van der Waals surface area (Å²) in [7, 11) is 1.16. The molecule has 0 aliphatic rings. The zero-order valence-electron chi connectivity index (χ0n) is 8.60. The molecule has 0 amide bonds. The first-order valence-electron chi connectivity index (χ1n) is 3.98. The van der Waals surface area contributed by atoms with Gasteiger partial charge in [-0.1, -0.05) is 6.07 Å². The van der Waals surface area contributed by atoms with Crippen molar-refractivity contribution in [1.82, 2.24) is 0 Å². The van der Waals surface area contributed by atoms with Crippen LogP contribution in [0.15, 0.2) is 18.2 Å². The second-order valence-corrected chi connectivity index (χ2v) is 2.86. The van der Waals surface area contributed by atoms with Crippen molar-refractivity contribution >= 4 is 5.97 Å². The Kier molecular flexibility index (Phi) is 5.00. The van der Waals surface area contributed by atoms with Crippen LogP contribution in [0.2, 0.25) is 0 Å². The number of esters is 1. The van der Waals surface area contributed by atoms with Crippen molar-refractivity contribution in [2.24, 2.45) is 0 Å². The van der Waals surface area contributed by atoms with E-state index >= 15 is 0 Å². The smallest absolute Gasteiger partial charge is 0.466 e. The topological polar surface area (TPSA) is 26.3 Å². The van der Waals surface area contributed by atoms with Crippen molar-refractivity contribution in [2.75, 3.05) is 7.11 Å². The van der Waals surface area contributed by atoms with E-state index in [9.17, 15) is 18.0 Å². The molecule has 0 fully saturated rings. The van der Waals surface area contributed by atoms with Crippen LogP contribution in [0.4, 0.5) is 13.2 Å². The van der Waals surface area contributed by atoms with Crippen molar-refractivity contribution in [2.45, 2.75) is 6.18 Å². The van der Waals surface area contributed by atoms with Gasteiger partial charge in [-0.25, -0.2) is 4.79 Å². The van der Waals surface area contributed by atoms with Gasteiger partial charge < -0.3 is 4.74 Å². The fraction of sp³-hybridized carbons (Fsp3) is 0.200. The maximum Gasteiger partial charge on any atom is 2.00 e. The van der Waals surface area contributed by atoms with Gasteiger partial charge in [0.1, 0.15) is 0 Å². The zero-order valence-corrected chi connectivity index (χ0v) is 11.6. The average Bonchev–Trinajstić information content (AvgIpc) is 2.14. The molecule has 0 radical (unpaired) electrons. The number of halogens is 3. The summed E-state index contributed by atoms with van der Waals surface area (Å²) in [6.45, 7) is 3.24. The number of alkyl halides is 3. The molecule has 82 valence electrons. The van der Waals surface area contributed by atoms with E-state index in [0.717, 1.165) is 25.3 Å². The van der Waals surface area contributed by atoms with Crippen LogP contribution in [-0.2, 0) is 30.4 Å². The normalized spacial score (nSPS) is 10.5. The summed E-state index contributed by atoms with van der Waals surface area (Å²) in [6, 6.07) is 2.92. The van der Waals surface area contributed by atoms with E-state index < -0.39 is 17.7 Å². The molecule has 2 nitrogen and oxygen atoms in total. The van der Waals surface area contributed by atoms with E-state index in [0.29, 0.717) is 0 Å². The van der Waals surface area contributed by atoms with Crippen LogP contribution in [0.25, 0.3) is 0 Å². The molecular weight excluding hydrogens is 274 g/mol. The Morgan fingerprint density at radius 3 is 2.31 bits per heavy atom. The SMILES string of the molecule is [CH2-]c1cc(C(=O)OC)ccc1C(F)(F)F.[Zn+2]. The standard InChI is InChI=1S/C10H8F3O2.Zn/c1-6-5-7(9(14)15-2)3-4-8(6)10(11,12)13;/h3-5H,1H2,2H3;/q-1;+2. The number of hydrogen-bond acceptors (Lipinski definition) is 2. The molecule has 0 heterocycles. The summed E-state index contributed by atoms with van der Waals surface area (Å²) < 4.78 is 41.3. The molecule has 0 saturated heterocycles. The van der Waals surface area contributed by atoms with Gasteiger partial charge in [0.05, 0.1) is 7.11 Å². The van der Waals surface area contributed by atoms with E-state index in [4.69, 9.17) is 0 Å². The van der Waals surface area contributed by atoms with Crippen LogP contribution in [-0.4, -0.2) is 13.1 Å². The Balaban J connectivity index is 0.00000225. The molecule has 0 atom stereocenters. The molecule has 0 N–H and O–H groups in total. The fourth-order valence-electron chi connectivity index (χ4n) is 1.12. The predicted molar refractivity (Wildman–Crippen MR) is 47.2 cm³/mol. The summed E-state index contributed by atoms with van der Waals surface area (Å²) in [4.78, 5) is 11.0. The maximum absolute atomic E-state index is 12.3. The molecule has 16 heavy (non-hydrogen) atoms. The number of carbonyl (C=O) groups excluding carboxylic acids is 1. The van der Waals surface area contributed by atoms with Crippen molar-refractivity contribution in [3.63, 3.8) is 0 Å². The van der Waals surface area contributed by atoms with Gasteiger partial charge in [-0.15, -0.1) is 12.1 Å². The zero-order chi connectivity index (χ0) is 11.6. The van der Waals surface area contributed by atoms with E-state index in [1.54, 1.807) is 0 Å². The summed E-state index contributed by atoms with van der Waals surface area (Å²) >= 11 is 0. The van der Waals surface area contributed by atoms with Crippen LogP contribution in [0.1, 0.15) is 21.5 Å². The van der Waals surface area contributed by atoms with E-state index in [1.807, 2.05) is 0 Å². The minimum Gasteiger partial charge on any atom is -0.466 e. The summed E-state index contributed by atoms with van der Waals surface area (Å²) in [6.07, 6.45) is -4.45. The predicted octanol–water partition coefficient (Wildman–Crippen LogP) is 2.67. The van der Waals surface area contributed by atoms with Crippen LogP contribution in [0.3, 0.4) is 0 Å². The molecule has 0 spiro atoms. The Bertz CT molecular complexity index is 388. The number of rotatable bonds is 1. The van der Waals surface area contributed by atoms with Gasteiger partial charge in [0.15, 0.2) is 0 Å². The third-order valence-electron chi connectivity index (χ3n) is 1.83. The van der Waals surface area contributed by atoms with E-state index in [1.165, 1.54) is 0 Å². The number of benzene rings is 1. The molecule has 0 unspecified atom stereocenters. The Hall–Kier alpha value is -1.03. The molecule has 6 heteroatoms. The van der Waals surface area contributed by atoms with Crippen molar-refractivity contribution in [1.29, 1.82) is 0 Å². The third-order valence-corrected chi connectivity index (χ3v) is 1.83. The summed E-state index contributed by atoms with van der Waals surface area (Å²) in [5, 5.41) is 0. The van der Waals surface area contributed by atoms with Gasteiger partial charge in [-0.2, -0.15) is 25.7 Å². The molecule has 1 aromatic carbocycles. The Labute approximate surface area is 104 Å². The van der Waals surface area contributed by atoms with E-state index in [-0.39, 0.29) is 30.6 Å². The molecule has 0 saturated carbocycles. The quantitative estimate of drug-likeness (QED) is 0.450. The first-order valence-corrected chi connectivity index (χ1v) is 3.98. The van der Waals surface area contributed by atoms with Gasteiger partial charge >= 0.3 is 31.6 Å². The van der Waals surface area contributed by atoms with Crippen LogP contribution < -0.4 is 0 Å². The first-order chi connectivity index (χ1) is 6.86. The van der Waals surface area contributed by atoms with Crippen LogP contribution in [0, 0.1) is 6.92 Å². The second kappa shape index (κ2) is 5.35. The molecule has 0 aliphatic heterocycles. The van der Waals surface area contributed by atoms with Gasteiger partial charge in [-0.3, -0.25) is 0 Å². The number of ether oxygens (including phenoxy) is 1. The number of methoxy groups -OCH3 is 1. The van der Waals surface area contributed by atoms with Crippen molar-refractivity contribution < 1.29 is 42.2 Å². The minimum atomic E-state index is -4.45. The third kappa shape index (κ3) is 3.24. The first kappa shape index (κ1) is 15.0. The van der Waals surface area contributed by atoms with Gasteiger partial charge in [0.2, 0.25) is 0 Å². The minimum absolute atomic E-state index is 0. The second-order valence-electron chi connectivity index (χ2n) is 2.86. The van der Waals surface area contributed by atoms with Crippen LogP contribution in [0.5, 0.6) is 0 Å². The van der Waals surface area contributed by atoms with Gasteiger partial charge in [0.25, 0.3) is 0 Å². The van der Waals surface area contributed by atoms with Crippen molar-refractivity contribution in [3.05, 3.63) is 41.8 Å². The molecule has 1 rings (SSSR count). The molecule has 1 aromatic rings. The van der Waals surface area contributed by atoms with Crippen LogP contribution >= 0.6 is 0 Å². The Morgan fingerprint density at radius 1 is 1.38 bits per heavy atom. The number of hydrogen-bond donors (Lipinski definition) is 0. The summed E-state index contributed by atoms with van der Waals surface area (Å²) in [5.41, 5.74) is -1.05. The maximum atomic E-state index is 12.3. The van der Waals surface area contributed by atoms with Crippen molar-refractivity contribution in [3.8, 4) is 0 Å². The van der Waals surface area contributed by atoms with E-state index in [2.05, 4.69) is 11.7 Å².